The summed E-state index contributed by atoms with van der Waals surface area (Å²) in [6.07, 6.45) is 12.7. The smallest absolute Gasteiger partial charge is 0.0267 e. The Labute approximate surface area is 100 Å². The van der Waals surface area contributed by atoms with E-state index in [1.807, 2.05) is 0 Å². The number of hydrogen-bond acceptors (Lipinski definition) is 2. The third-order valence-electron chi connectivity index (χ3n) is 4.83. The highest BCUT2D eigenvalue weighted by Gasteiger charge is 2.32. The van der Waals surface area contributed by atoms with E-state index in [2.05, 4.69) is 12.3 Å². The minimum absolute atomic E-state index is 0.600. The Morgan fingerprint density at radius 2 is 1.62 bits per heavy atom. The van der Waals surface area contributed by atoms with Gasteiger partial charge in [0.2, 0.25) is 0 Å². The zero-order chi connectivity index (χ0) is 11.4. The molecule has 0 bridgehead atoms. The van der Waals surface area contributed by atoms with Gasteiger partial charge in [-0.2, -0.15) is 0 Å². The summed E-state index contributed by atoms with van der Waals surface area (Å²) in [5.41, 5.74) is 3.16. The van der Waals surface area contributed by atoms with Gasteiger partial charge in [0.25, 0.3) is 0 Å². The fraction of sp³-hybridized carbons (Fsp3) is 1.00. The van der Waals surface area contributed by atoms with Crippen LogP contribution in [0.5, 0.6) is 0 Å². The van der Waals surface area contributed by atoms with E-state index in [1.54, 1.807) is 0 Å². The lowest BCUT2D eigenvalue weighted by Gasteiger charge is -2.39. The Bertz CT molecular complexity index is 199. The third-order valence-corrected chi connectivity index (χ3v) is 4.83. The molecule has 16 heavy (non-hydrogen) atoms. The molecule has 0 saturated heterocycles. The predicted octanol–water partition coefficient (Wildman–Crippen LogP) is 3.22. The molecular weight excluding hydrogens is 196 g/mol. The average Bonchev–Trinajstić information content (AvgIpc) is 2.31. The first kappa shape index (κ1) is 12.4. The molecule has 0 radical (unpaired) electrons. The first-order chi connectivity index (χ1) is 7.81. The maximum absolute atomic E-state index is 5.83. The Kier molecular flexibility index (Phi) is 4.66. The minimum Gasteiger partial charge on any atom is -0.271 e. The summed E-state index contributed by atoms with van der Waals surface area (Å²) in [7, 11) is 0. The van der Waals surface area contributed by atoms with Crippen LogP contribution in [0.25, 0.3) is 0 Å². The molecule has 94 valence electrons. The van der Waals surface area contributed by atoms with Crippen molar-refractivity contribution in [3.63, 3.8) is 0 Å². The SMILES string of the molecule is CC1CCCC(C(NN)C2CCCCC2)C1. The van der Waals surface area contributed by atoms with Crippen LogP contribution in [0.1, 0.15) is 64.7 Å². The van der Waals surface area contributed by atoms with E-state index in [0.29, 0.717) is 6.04 Å². The minimum atomic E-state index is 0.600. The molecule has 2 aliphatic carbocycles. The van der Waals surface area contributed by atoms with Crippen LogP contribution >= 0.6 is 0 Å². The van der Waals surface area contributed by atoms with Crippen LogP contribution in [0.4, 0.5) is 0 Å². The standard InChI is InChI=1S/C14H28N2/c1-11-6-5-9-13(10-11)14(16-15)12-7-3-2-4-8-12/h11-14,16H,2-10,15H2,1H3. The zero-order valence-corrected chi connectivity index (χ0v) is 10.8. The van der Waals surface area contributed by atoms with Crippen molar-refractivity contribution in [3.8, 4) is 0 Å². The van der Waals surface area contributed by atoms with Gasteiger partial charge in [0.15, 0.2) is 0 Å². The van der Waals surface area contributed by atoms with Crippen molar-refractivity contribution in [1.29, 1.82) is 0 Å². The molecule has 3 atom stereocenters. The van der Waals surface area contributed by atoms with E-state index in [4.69, 9.17) is 5.84 Å². The van der Waals surface area contributed by atoms with Crippen LogP contribution in [0.3, 0.4) is 0 Å². The van der Waals surface area contributed by atoms with Crippen molar-refractivity contribution < 1.29 is 0 Å². The number of nitrogens with one attached hydrogen (secondary N) is 1. The van der Waals surface area contributed by atoms with Crippen LogP contribution in [-0.4, -0.2) is 6.04 Å². The molecule has 3 N–H and O–H groups in total. The molecule has 0 aromatic heterocycles. The van der Waals surface area contributed by atoms with Gasteiger partial charge < -0.3 is 0 Å². The summed E-state index contributed by atoms with van der Waals surface area (Å²) < 4.78 is 0. The summed E-state index contributed by atoms with van der Waals surface area (Å²) in [5.74, 6) is 8.44. The van der Waals surface area contributed by atoms with Crippen LogP contribution in [-0.2, 0) is 0 Å². The molecule has 0 aliphatic heterocycles. The van der Waals surface area contributed by atoms with E-state index in [0.717, 1.165) is 17.8 Å². The van der Waals surface area contributed by atoms with Crippen molar-refractivity contribution in [3.05, 3.63) is 0 Å². The monoisotopic (exact) mass is 224 g/mol. The largest absolute Gasteiger partial charge is 0.271 e. The van der Waals surface area contributed by atoms with Gasteiger partial charge in [-0.3, -0.25) is 11.3 Å². The van der Waals surface area contributed by atoms with Crippen LogP contribution in [0, 0.1) is 17.8 Å². The zero-order valence-electron chi connectivity index (χ0n) is 10.8. The van der Waals surface area contributed by atoms with Crippen molar-refractivity contribution in [2.75, 3.05) is 0 Å². The second kappa shape index (κ2) is 6.02. The lowest BCUT2D eigenvalue weighted by molar-refractivity contribution is 0.152. The molecule has 2 saturated carbocycles. The summed E-state index contributed by atoms with van der Waals surface area (Å²) >= 11 is 0. The third kappa shape index (κ3) is 2.98. The molecule has 2 rings (SSSR count). The van der Waals surface area contributed by atoms with Crippen molar-refractivity contribution >= 4 is 0 Å². The summed E-state index contributed by atoms with van der Waals surface area (Å²) in [5, 5.41) is 0. The Hall–Kier alpha value is -0.0800. The Morgan fingerprint density at radius 3 is 2.25 bits per heavy atom. The topological polar surface area (TPSA) is 38.0 Å². The van der Waals surface area contributed by atoms with E-state index in [9.17, 15) is 0 Å². The molecule has 2 fully saturated rings. The highest BCUT2D eigenvalue weighted by Crippen LogP contribution is 2.37. The van der Waals surface area contributed by atoms with Crippen molar-refractivity contribution in [2.45, 2.75) is 70.8 Å². The second-order valence-electron chi connectivity index (χ2n) is 6.12. The molecule has 0 heterocycles. The van der Waals surface area contributed by atoms with Crippen LogP contribution in [0.2, 0.25) is 0 Å². The van der Waals surface area contributed by atoms with Crippen molar-refractivity contribution in [1.82, 2.24) is 5.43 Å². The van der Waals surface area contributed by atoms with Gasteiger partial charge in [0.05, 0.1) is 0 Å². The van der Waals surface area contributed by atoms with E-state index in [-0.39, 0.29) is 0 Å². The lowest BCUT2D eigenvalue weighted by Crippen LogP contribution is -2.47. The summed E-state index contributed by atoms with van der Waals surface area (Å²) in [4.78, 5) is 0. The highest BCUT2D eigenvalue weighted by atomic mass is 15.2. The molecule has 2 heteroatoms. The number of hydrogen-bond donors (Lipinski definition) is 2. The summed E-state index contributed by atoms with van der Waals surface area (Å²) in [6.45, 7) is 2.40. The molecule has 0 aromatic rings. The van der Waals surface area contributed by atoms with Gasteiger partial charge in [-0.05, 0) is 43.4 Å². The molecule has 0 amide bonds. The quantitative estimate of drug-likeness (QED) is 0.570. The fourth-order valence-electron chi connectivity index (χ4n) is 3.96. The van der Waals surface area contributed by atoms with Gasteiger partial charge >= 0.3 is 0 Å². The van der Waals surface area contributed by atoms with E-state index in [1.165, 1.54) is 57.8 Å². The number of rotatable bonds is 3. The van der Waals surface area contributed by atoms with E-state index < -0.39 is 0 Å². The van der Waals surface area contributed by atoms with Crippen LogP contribution < -0.4 is 11.3 Å². The fourth-order valence-corrected chi connectivity index (χ4v) is 3.96. The maximum Gasteiger partial charge on any atom is 0.0267 e. The van der Waals surface area contributed by atoms with Gasteiger partial charge in [0.1, 0.15) is 0 Å². The van der Waals surface area contributed by atoms with Crippen molar-refractivity contribution in [2.24, 2.45) is 23.6 Å². The molecule has 0 aromatic carbocycles. The van der Waals surface area contributed by atoms with Gasteiger partial charge in [-0.15, -0.1) is 0 Å². The summed E-state index contributed by atoms with van der Waals surface area (Å²) in [6, 6.07) is 0.600. The molecule has 3 unspecified atom stereocenters. The number of hydrazine groups is 1. The normalized spacial score (nSPS) is 34.9. The maximum atomic E-state index is 5.83. The average molecular weight is 224 g/mol. The first-order valence-electron chi connectivity index (χ1n) is 7.27. The van der Waals surface area contributed by atoms with Crippen LogP contribution in [0.15, 0.2) is 0 Å². The van der Waals surface area contributed by atoms with E-state index >= 15 is 0 Å². The molecule has 2 aliphatic rings. The van der Waals surface area contributed by atoms with Gasteiger partial charge in [-0.1, -0.05) is 39.0 Å². The lowest BCUT2D eigenvalue weighted by atomic mass is 9.72. The molecular formula is C14H28N2. The van der Waals surface area contributed by atoms with Gasteiger partial charge in [0, 0.05) is 6.04 Å². The predicted molar refractivity (Wildman–Crippen MR) is 68.8 cm³/mol. The molecule has 0 spiro atoms. The molecule has 2 nitrogen and oxygen atoms in total. The Morgan fingerprint density at radius 1 is 0.938 bits per heavy atom. The first-order valence-corrected chi connectivity index (χ1v) is 7.27. The Balaban J connectivity index is 1.91. The number of nitrogens with two attached hydrogens (primary N) is 1. The van der Waals surface area contributed by atoms with Gasteiger partial charge in [-0.25, -0.2) is 0 Å². The highest BCUT2D eigenvalue weighted by molar-refractivity contribution is 4.86. The second-order valence-corrected chi connectivity index (χ2v) is 6.12.